The predicted octanol–water partition coefficient (Wildman–Crippen LogP) is 4.61. The molecule has 0 bridgehead atoms. The molecule has 0 aliphatic rings. The standard InChI is InChI=1S/C12H10.2C7H10O4/c1-3-7-11(8-4-1)12-9-5-2-6-10-12;2*1-5(2)7(9)11-4-10-6(3)8/h1-10H;2*1,4H2,2-3H3. The zero-order valence-corrected chi connectivity index (χ0v) is 19.9. The van der Waals surface area contributed by atoms with Crippen LogP contribution in [0.3, 0.4) is 0 Å². The topological polar surface area (TPSA) is 105 Å². The maximum absolute atomic E-state index is 10.6. The molecule has 0 N–H and O–H groups in total. The van der Waals surface area contributed by atoms with Gasteiger partial charge in [-0.3, -0.25) is 9.59 Å². The highest BCUT2D eigenvalue weighted by atomic mass is 16.7. The van der Waals surface area contributed by atoms with Gasteiger partial charge in [0.25, 0.3) is 0 Å². The van der Waals surface area contributed by atoms with Crippen LogP contribution in [0, 0.1) is 0 Å². The number of carbonyl (C=O) groups excluding carboxylic acids is 4. The Morgan fingerprint density at radius 1 is 0.559 bits per heavy atom. The Labute approximate surface area is 199 Å². The third kappa shape index (κ3) is 15.6. The van der Waals surface area contributed by atoms with Gasteiger partial charge in [-0.05, 0) is 25.0 Å². The maximum Gasteiger partial charge on any atom is 0.335 e. The van der Waals surface area contributed by atoms with Gasteiger partial charge in [0.1, 0.15) is 0 Å². The van der Waals surface area contributed by atoms with E-state index in [0.29, 0.717) is 0 Å². The molecule has 8 nitrogen and oxygen atoms in total. The SMILES string of the molecule is C=C(C)C(=O)OCOC(C)=O.C=C(C)C(=O)OCOC(C)=O.c1ccc(-c2ccccc2)cc1. The first-order chi connectivity index (χ1) is 16.0. The summed E-state index contributed by atoms with van der Waals surface area (Å²) in [7, 11) is 0. The number of benzene rings is 2. The summed E-state index contributed by atoms with van der Waals surface area (Å²) < 4.78 is 17.5. The fourth-order valence-corrected chi connectivity index (χ4v) is 1.84. The molecule has 2 aromatic rings. The third-order valence-electron chi connectivity index (χ3n) is 3.48. The lowest BCUT2D eigenvalue weighted by atomic mass is 10.1. The van der Waals surface area contributed by atoms with Crippen molar-refractivity contribution < 1.29 is 38.1 Å². The van der Waals surface area contributed by atoms with Gasteiger partial charge >= 0.3 is 23.9 Å². The minimum Gasteiger partial charge on any atom is -0.428 e. The molecule has 0 atom stereocenters. The van der Waals surface area contributed by atoms with Gasteiger partial charge in [-0.2, -0.15) is 0 Å². The molecule has 0 saturated carbocycles. The zero-order chi connectivity index (χ0) is 25.9. The van der Waals surface area contributed by atoms with Crippen molar-refractivity contribution in [2.24, 2.45) is 0 Å². The molecular formula is C26H30O8. The van der Waals surface area contributed by atoms with Crippen molar-refractivity contribution in [1.29, 1.82) is 0 Å². The average molecular weight is 471 g/mol. The van der Waals surface area contributed by atoms with E-state index in [-0.39, 0.29) is 24.7 Å². The van der Waals surface area contributed by atoms with Gasteiger partial charge in [0, 0.05) is 25.0 Å². The molecule has 2 rings (SSSR count). The lowest BCUT2D eigenvalue weighted by Gasteiger charge is -2.02. The van der Waals surface area contributed by atoms with Crippen LogP contribution in [-0.2, 0) is 38.1 Å². The van der Waals surface area contributed by atoms with Gasteiger partial charge in [0.2, 0.25) is 13.6 Å². The summed E-state index contributed by atoms with van der Waals surface area (Å²) in [6.07, 6.45) is 0. The summed E-state index contributed by atoms with van der Waals surface area (Å²) in [5.74, 6) is -2.10. The van der Waals surface area contributed by atoms with Crippen LogP contribution in [-0.4, -0.2) is 37.5 Å². The summed E-state index contributed by atoms with van der Waals surface area (Å²) in [5.41, 5.74) is 3.10. The fourth-order valence-electron chi connectivity index (χ4n) is 1.84. The van der Waals surface area contributed by atoms with E-state index in [1.165, 1.54) is 38.8 Å². The highest BCUT2D eigenvalue weighted by Gasteiger charge is 2.03. The average Bonchev–Trinajstić information content (AvgIpc) is 2.80. The first-order valence-corrected chi connectivity index (χ1v) is 10.1. The summed E-state index contributed by atoms with van der Waals surface area (Å²) in [5, 5.41) is 0. The second kappa shape index (κ2) is 17.4. The molecule has 0 aliphatic carbocycles. The molecule has 0 saturated heterocycles. The molecule has 0 amide bonds. The maximum atomic E-state index is 10.6. The summed E-state index contributed by atoms with van der Waals surface area (Å²) >= 11 is 0. The molecule has 0 unspecified atom stereocenters. The first kappa shape index (κ1) is 29.8. The Bertz CT molecular complexity index is 870. The van der Waals surface area contributed by atoms with Gasteiger partial charge < -0.3 is 18.9 Å². The summed E-state index contributed by atoms with van der Waals surface area (Å²) in [6, 6.07) is 20.8. The number of rotatable bonds is 7. The lowest BCUT2D eigenvalue weighted by Crippen LogP contribution is -2.10. The largest absolute Gasteiger partial charge is 0.428 e. The quantitative estimate of drug-likeness (QED) is 0.328. The molecule has 8 heteroatoms. The fraction of sp³-hybridized carbons (Fsp3) is 0.231. The van der Waals surface area contributed by atoms with Crippen LogP contribution in [0.25, 0.3) is 11.1 Å². The van der Waals surface area contributed by atoms with Crippen LogP contribution in [0.1, 0.15) is 27.7 Å². The third-order valence-corrected chi connectivity index (χ3v) is 3.48. The van der Waals surface area contributed by atoms with Crippen molar-refractivity contribution in [2.75, 3.05) is 13.6 Å². The molecule has 2 aromatic carbocycles. The predicted molar refractivity (Wildman–Crippen MR) is 127 cm³/mol. The van der Waals surface area contributed by atoms with Crippen molar-refractivity contribution in [1.82, 2.24) is 0 Å². The number of hydrogen-bond acceptors (Lipinski definition) is 8. The highest BCUT2D eigenvalue weighted by Crippen LogP contribution is 2.17. The Kier molecular flexibility index (Phi) is 15.2. The van der Waals surface area contributed by atoms with Crippen molar-refractivity contribution in [3.8, 4) is 11.1 Å². The monoisotopic (exact) mass is 470 g/mol. The number of carbonyl (C=O) groups is 4. The smallest absolute Gasteiger partial charge is 0.335 e. The molecule has 0 spiro atoms. The van der Waals surface area contributed by atoms with Crippen molar-refractivity contribution in [2.45, 2.75) is 27.7 Å². The van der Waals surface area contributed by atoms with E-state index < -0.39 is 23.9 Å². The van der Waals surface area contributed by atoms with E-state index in [9.17, 15) is 19.2 Å². The van der Waals surface area contributed by atoms with E-state index in [2.05, 4.69) is 80.6 Å². The van der Waals surface area contributed by atoms with Crippen molar-refractivity contribution in [3.63, 3.8) is 0 Å². The lowest BCUT2D eigenvalue weighted by molar-refractivity contribution is -0.164. The van der Waals surface area contributed by atoms with Crippen molar-refractivity contribution in [3.05, 3.63) is 85.0 Å². The Morgan fingerprint density at radius 3 is 1.09 bits per heavy atom. The Morgan fingerprint density at radius 2 is 0.853 bits per heavy atom. The van der Waals surface area contributed by atoms with Gasteiger partial charge in [-0.25, -0.2) is 9.59 Å². The van der Waals surface area contributed by atoms with E-state index in [1.54, 1.807) is 0 Å². The number of hydrogen-bond donors (Lipinski definition) is 0. The van der Waals surface area contributed by atoms with Crippen LogP contribution in [0.2, 0.25) is 0 Å². The molecule has 0 heterocycles. The number of ether oxygens (including phenoxy) is 4. The van der Waals surface area contributed by atoms with Crippen LogP contribution < -0.4 is 0 Å². The van der Waals surface area contributed by atoms with Crippen LogP contribution in [0.5, 0.6) is 0 Å². The highest BCUT2D eigenvalue weighted by molar-refractivity contribution is 5.87. The second-order valence-corrected chi connectivity index (χ2v) is 6.66. The molecule has 34 heavy (non-hydrogen) atoms. The summed E-state index contributed by atoms with van der Waals surface area (Å²) in [4.78, 5) is 41.5. The molecule has 0 fully saturated rings. The van der Waals surface area contributed by atoms with Crippen molar-refractivity contribution >= 4 is 23.9 Å². The van der Waals surface area contributed by atoms with Gasteiger partial charge in [-0.1, -0.05) is 73.8 Å². The van der Waals surface area contributed by atoms with E-state index in [1.807, 2.05) is 12.1 Å². The Hall–Kier alpha value is -4.20. The molecule has 0 aliphatic heterocycles. The first-order valence-electron chi connectivity index (χ1n) is 10.1. The zero-order valence-electron chi connectivity index (χ0n) is 19.9. The normalized spacial score (nSPS) is 8.94. The van der Waals surface area contributed by atoms with Gasteiger partial charge in [-0.15, -0.1) is 0 Å². The number of esters is 4. The Balaban J connectivity index is 0.000000482. The minimum absolute atomic E-state index is 0.275. The van der Waals surface area contributed by atoms with Crippen LogP contribution in [0.15, 0.2) is 85.0 Å². The molecule has 0 aromatic heterocycles. The van der Waals surface area contributed by atoms with Gasteiger partial charge in [0.15, 0.2) is 0 Å². The van der Waals surface area contributed by atoms with E-state index in [0.717, 1.165) is 0 Å². The molecular weight excluding hydrogens is 440 g/mol. The van der Waals surface area contributed by atoms with E-state index >= 15 is 0 Å². The van der Waals surface area contributed by atoms with Gasteiger partial charge in [0.05, 0.1) is 0 Å². The second-order valence-electron chi connectivity index (χ2n) is 6.66. The van der Waals surface area contributed by atoms with E-state index in [4.69, 9.17) is 0 Å². The summed E-state index contributed by atoms with van der Waals surface area (Å²) in [6.45, 7) is 11.5. The minimum atomic E-state index is -0.564. The van der Waals surface area contributed by atoms with Crippen LogP contribution >= 0.6 is 0 Å². The molecule has 182 valence electrons. The molecule has 0 radical (unpaired) electrons. The van der Waals surface area contributed by atoms with Crippen LogP contribution in [0.4, 0.5) is 0 Å².